The van der Waals surface area contributed by atoms with Crippen LogP contribution in [0.5, 0.6) is 0 Å². The van der Waals surface area contributed by atoms with Gasteiger partial charge in [0.15, 0.2) is 0 Å². The second-order valence-corrected chi connectivity index (χ2v) is 7.03. The average Bonchev–Trinajstić information content (AvgIpc) is 2.63. The number of hydrogen-bond acceptors (Lipinski definition) is 4. The highest BCUT2D eigenvalue weighted by atomic mass is 16.1. The molecule has 0 unspecified atom stereocenters. The van der Waals surface area contributed by atoms with Gasteiger partial charge in [0.2, 0.25) is 0 Å². The molecule has 0 radical (unpaired) electrons. The van der Waals surface area contributed by atoms with Crippen LogP contribution in [0.15, 0.2) is 67.0 Å². The summed E-state index contributed by atoms with van der Waals surface area (Å²) in [5, 5.41) is 6.08. The lowest BCUT2D eigenvalue weighted by atomic mass is 9.86. The first-order valence-electron chi connectivity index (χ1n) is 8.48. The van der Waals surface area contributed by atoms with Gasteiger partial charge in [-0.05, 0) is 29.2 Å². The predicted octanol–water partition coefficient (Wildman–Crippen LogP) is 4.77. The SMILES string of the molecule is CC(C)(C)c1ccccc1Nc1cnc(C(=O)Nc2ccccc2)cn1. The van der Waals surface area contributed by atoms with E-state index in [4.69, 9.17) is 0 Å². The van der Waals surface area contributed by atoms with Crippen LogP contribution < -0.4 is 10.6 Å². The van der Waals surface area contributed by atoms with E-state index in [1.807, 2.05) is 48.5 Å². The van der Waals surface area contributed by atoms with Crippen LogP contribution in [0.25, 0.3) is 0 Å². The highest BCUT2D eigenvalue weighted by Crippen LogP contribution is 2.30. The first-order valence-corrected chi connectivity index (χ1v) is 8.48. The van der Waals surface area contributed by atoms with Crippen LogP contribution in [0.2, 0.25) is 0 Å². The molecule has 2 aromatic carbocycles. The van der Waals surface area contributed by atoms with Gasteiger partial charge in [-0.3, -0.25) is 4.79 Å². The lowest BCUT2D eigenvalue weighted by Crippen LogP contribution is -2.15. The molecule has 0 bridgehead atoms. The summed E-state index contributed by atoms with van der Waals surface area (Å²) in [6.45, 7) is 6.49. The molecule has 0 spiro atoms. The fourth-order valence-electron chi connectivity index (χ4n) is 2.61. The van der Waals surface area contributed by atoms with E-state index in [2.05, 4.69) is 47.4 Å². The van der Waals surface area contributed by atoms with Gasteiger partial charge in [-0.1, -0.05) is 57.2 Å². The molecule has 3 aromatic rings. The van der Waals surface area contributed by atoms with Gasteiger partial charge < -0.3 is 10.6 Å². The Morgan fingerprint density at radius 3 is 2.23 bits per heavy atom. The molecular formula is C21H22N4O. The van der Waals surface area contributed by atoms with Gasteiger partial charge in [-0.15, -0.1) is 0 Å². The van der Waals surface area contributed by atoms with E-state index in [0.29, 0.717) is 5.82 Å². The predicted molar refractivity (Wildman–Crippen MR) is 105 cm³/mol. The van der Waals surface area contributed by atoms with Crippen molar-refractivity contribution in [3.05, 3.63) is 78.2 Å². The molecule has 1 amide bonds. The number of amides is 1. The number of hydrogen-bond donors (Lipinski definition) is 2. The Hall–Kier alpha value is -3.21. The fourth-order valence-corrected chi connectivity index (χ4v) is 2.61. The highest BCUT2D eigenvalue weighted by Gasteiger charge is 2.17. The van der Waals surface area contributed by atoms with Crippen LogP contribution in [0, 0.1) is 0 Å². The van der Waals surface area contributed by atoms with Crippen molar-refractivity contribution in [1.82, 2.24) is 9.97 Å². The van der Waals surface area contributed by atoms with Crippen molar-refractivity contribution >= 4 is 23.1 Å². The highest BCUT2D eigenvalue weighted by molar-refractivity contribution is 6.02. The zero-order valence-corrected chi connectivity index (χ0v) is 15.2. The van der Waals surface area contributed by atoms with E-state index >= 15 is 0 Å². The number of nitrogens with zero attached hydrogens (tertiary/aromatic N) is 2. The van der Waals surface area contributed by atoms with Gasteiger partial charge in [-0.2, -0.15) is 0 Å². The Kier molecular flexibility index (Phi) is 4.98. The number of carbonyl (C=O) groups excluding carboxylic acids is 1. The minimum atomic E-state index is -0.287. The minimum Gasteiger partial charge on any atom is -0.339 e. The zero-order chi connectivity index (χ0) is 18.6. The largest absolute Gasteiger partial charge is 0.339 e. The van der Waals surface area contributed by atoms with Gasteiger partial charge in [-0.25, -0.2) is 9.97 Å². The van der Waals surface area contributed by atoms with Crippen LogP contribution in [-0.2, 0) is 5.41 Å². The molecule has 2 N–H and O–H groups in total. The van der Waals surface area contributed by atoms with Crippen molar-refractivity contribution in [3.8, 4) is 0 Å². The van der Waals surface area contributed by atoms with Crippen molar-refractivity contribution < 1.29 is 4.79 Å². The molecule has 26 heavy (non-hydrogen) atoms. The van der Waals surface area contributed by atoms with Crippen molar-refractivity contribution in [2.24, 2.45) is 0 Å². The quantitative estimate of drug-likeness (QED) is 0.714. The van der Waals surface area contributed by atoms with E-state index in [1.165, 1.54) is 11.8 Å². The molecule has 1 aromatic heterocycles. The first-order chi connectivity index (χ1) is 12.4. The van der Waals surface area contributed by atoms with Crippen molar-refractivity contribution in [2.45, 2.75) is 26.2 Å². The molecule has 132 valence electrons. The normalized spacial score (nSPS) is 11.0. The molecular weight excluding hydrogens is 324 g/mol. The summed E-state index contributed by atoms with van der Waals surface area (Å²) >= 11 is 0. The zero-order valence-electron chi connectivity index (χ0n) is 15.2. The Morgan fingerprint density at radius 1 is 0.885 bits per heavy atom. The van der Waals surface area contributed by atoms with E-state index in [0.717, 1.165) is 11.4 Å². The van der Waals surface area contributed by atoms with Gasteiger partial charge in [0.25, 0.3) is 5.91 Å². The number of aromatic nitrogens is 2. The lowest BCUT2D eigenvalue weighted by molar-refractivity contribution is 0.102. The Labute approximate surface area is 153 Å². The maximum atomic E-state index is 12.2. The summed E-state index contributed by atoms with van der Waals surface area (Å²) in [4.78, 5) is 20.8. The van der Waals surface area contributed by atoms with Crippen molar-refractivity contribution in [2.75, 3.05) is 10.6 Å². The third-order valence-corrected chi connectivity index (χ3v) is 3.91. The Morgan fingerprint density at radius 2 is 1.58 bits per heavy atom. The second kappa shape index (κ2) is 7.35. The third-order valence-electron chi connectivity index (χ3n) is 3.91. The number of rotatable bonds is 4. The number of para-hydroxylation sites is 2. The van der Waals surface area contributed by atoms with Crippen molar-refractivity contribution in [3.63, 3.8) is 0 Å². The number of nitrogens with one attached hydrogen (secondary N) is 2. The maximum Gasteiger partial charge on any atom is 0.275 e. The van der Waals surface area contributed by atoms with Gasteiger partial charge >= 0.3 is 0 Å². The van der Waals surface area contributed by atoms with E-state index in [9.17, 15) is 4.79 Å². The second-order valence-electron chi connectivity index (χ2n) is 7.03. The number of benzene rings is 2. The third kappa shape index (κ3) is 4.25. The smallest absolute Gasteiger partial charge is 0.275 e. The average molecular weight is 346 g/mol. The molecule has 0 aliphatic heterocycles. The first kappa shape index (κ1) is 17.6. The van der Waals surface area contributed by atoms with Crippen LogP contribution >= 0.6 is 0 Å². The molecule has 0 atom stereocenters. The van der Waals surface area contributed by atoms with Crippen LogP contribution in [0.4, 0.5) is 17.2 Å². The summed E-state index contributed by atoms with van der Waals surface area (Å²) in [6, 6.07) is 17.4. The molecule has 0 aliphatic carbocycles. The molecule has 0 saturated heterocycles. The fraction of sp³-hybridized carbons (Fsp3) is 0.190. The molecule has 0 saturated carbocycles. The summed E-state index contributed by atoms with van der Waals surface area (Å²) in [5.41, 5.74) is 3.17. The van der Waals surface area contributed by atoms with Crippen LogP contribution in [0.3, 0.4) is 0 Å². The molecule has 1 heterocycles. The Balaban J connectivity index is 1.74. The summed E-state index contributed by atoms with van der Waals surface area (Å²) in [6.07, 6.45) is 3.04. The van der Waals surface area contributed by atoms with Gasteiger partial charge in [0.1, 0.15) is 11.5 Å². The topological polar surface area (TPSA) is 66.9 Å². The number of carbonyl (C=O) groups is 1. The molecule has 0 fully saturated rings. The molecule has 0 aliphatic rings. The molecule has 5 nitrogen and oxygen atoms in total. The summed E-state index contributed by atoms with van der Waals surface area (Å²) in [7, 11) is 0. The maximum absolute atomic E-state index is 12.2. The number of anilines is 3. The van der Waals surface area contributed by atoms with Crippen LogP contribution in [-0.4, -0.2) is 15.9 Å². The van der Waals surface area contributed by atoms with Crippen LogP contribution in [0.1, 0.15) is 36.8 Å². The minimum absolute atomic E-state index is 0.00648. The lowest BCUT2D eigenvalue weighted by Gasteiger charge is -2.23. The monoisotopic (exact) mass is 346 g/mol. The standard InChI is InChI=1S/C21H22N4O/c1-21(2,3)16-11-7-8-12-17(16)25-19-14-22-18(13-23-19)20(26)24-15-9-5-4-6-10-15/h4-14H,1-3H3,(H,23,25)(H,24,26). The van der Waals surface area contributed by atoms with Crippen molar-refractivity contribution in [1.29, 1.82) is 0 Å². The molecule has 5 heteroatoms. The van der Waals surface area contributed by atoms with Gasteiger partial charge in [0.05, 0.1) is 12.4 Å². The summed E-state index contributed by atoms with van der Waals surface area (Å²) in [5.74, 6) is 0.309. The summed E-state index contributed by atoms with van der Waals surface area (Å²) < 4.78 is 0. The van der Waals surface area contributed by atoms with E-state index in [1.54, 1.807) is 6.20 Å². The van der Waals surface area contributed by atoms with E-state index in [-0.39, 0.29) is 17.0 Å². The Bertz CT molecular complexity index is 884. The van der Waals surface area contributed by atoms with E-state index < -0.39 is 0 Å². The molecule has 3 rings (SSSR count). The van der Waals surface area contributed by atoms with Gasteiger partial charge in [0, 0.05) is 11.4 Å².